The number of hydrogen-bond acceptors (Lipinski definition) is 7. The van der Waals surface area contributed by atoms with Crippen LogP contribution in [0.25, 0.3) is 6.08 Å². The minimum absolute atomic E-state index is 0.0396. The van der Waals surface area contributed by atoms with Gasteiger partial charge in [0.25, 0.3) is 5.91 Å². The summed E-state index contributed by atoms with van der Waals surface area (Å²) < 4.78 is 0. The second-order valence-electron chi connectivity index (χ2n) is 4.87. The van der Waals surface area contributed by atoms with Gasteiger partial charge in [-0.3, -0.25) is 9.59 Å². The average Bonchev–Trinajstić information content (AvgIpc) is 3.09. The van der Waals surface area contributed by atoms with Crippen LogP contribution in [0.1, 0.15) is 11.8 Å². The maximum atomic E-state index is 12.1. The molecule has 128 valence electrons. The number of nitrogens with one attached hydrogen (secondary N) is 2. The van der Waals surface area contributed by atoms with E-state index in [4.69, 9.17) is 11.6 Å². The Bertz CT molecular complexity index is 923. The first kappa shape index (κ1) is 17.5. The summed E-state index contributed by atoms with van der Waals surface area (Å²) in [5.74, 6) is -0.451. The molecule has 2 aromatic rings. The van der Waals surface area contributed by atoms with Crippen LogP contribution in [0.4, 0.5) is 10.8 Å². The van der Waals surface area contributed by atoms with Gasteiger partial charge in [0, 0.05) is 19.2 Å². The van der Waals surface area contributed by atoms with E-state index < -0.39 is 0 Å². The first-order valence-corrected chi connectivity index (χ1v) is 8.93. The third-order valence-electron chi connectivity index (χ3n) is 2.88. The van der Waals surface area contributed by atoms with Crippen LogP contribution in [-0.2, 0) is 9.59 Å². The van der Waals surface area contributed by atoms with Crippen LogP contribution < -0.4 is 10.6 Å². The van der Waals surface area contributed by atoms with Crippen molar-refractivity contribution in [1.82, 2.24) is 10.3 Å². The van der Waals surface area contributed by atoms with Crippen molar-refractivity contribution in [3.05, 3.63) is 39.2 Å². The van der Waals surface area contributed by atoms with Crippen molar-refractivity contribution >= 4 is 68.6 Å². The Morgan fingerprint density at radius 3 is 3.00 bits per heavy atom. The fourth-order valence-corrected chi connectivity index (χ4v) is 3.79. The molecule has 2 heterocycles. The number of aromatic hydroxyl groups is 1. The van der Waals surface area contributed by atoms with E-state index in [0.717, 1.165) is 4.88 Å². The Balaban J connectivity index is 1.79. The van der Waals surface area contributed by atoms with Gasteiger partial charge in [-0.05, 0) is 30.0 Å². The molecule has 3 rings (SSSR count). The van der Waals surface area contributed by atoms with Gasteiger partial charge < -0.3 is 15.7 Å². The topological polar surface area (TPSA) is 104 Å². The third-order valence-corrected chi connectivity index (χ3v) is 4.96. The molecule has 0 radical (unpaired) electrons. The summed E-state index contributed by atoms with van der Waals surface area (Å²) in [6.45, 7) is 1.40. The molecule has 1 aromatic carbocycles. The number of phenols is 1. The molecule has 0 saturated carbocycles. The fourth-order valence-electron chi connectivity index (χ4n) is 1.87. The number of thioether (sulfide) groups is 1. The molecular formula is C15H11ClN4O3S2. The maximum Gasteiger partial charge on any atom is 0.264 e. The van der Waals surface area contributed by atoms with Crippen LogP contribution in [0.2, 0.25) is 5.02 Å². The number of nitrogens with zero attached hydrogens (tertiary/aromatic N) is 2. The second-order valence-corrected chi connectivity index (χ2v) is 7.37. The van der Waals surface area contributed by atoms with E-state index in [-0.39, 0.29) is 22.6 Å². The number of benzene rings is 1. The highest BCUT2D eigenvalue weighted by Crippen LogP contribution is 2.33. The first-order chi connectivity index (χ1) is 11.9. The molecule has 0 bridgehead atoms. The lowest BCUT2D eigenvalue weighted by Crippen LogP contribution is -2.19. The summed E-state index contributed by atoms with van der Waals surface area (Å²) in [5, 5.41) is 15.7. The predicted molar refractivity (Wildman–Crippen MR) is 100 cm³/mol. The highest BCUT2D eigenvalue weighted by molar-refractivity contribution is 8.18. The maximum absolute atomic E-state index is 12.1. The molecule has 0 unspecified atom stereocenters. The van der Waals surface area contributed by atoms with E-state index in [9.17, 15) is 14.7 Å². The first-order valence-electron chi connectivity index (χ1n) is 6.92. The number of amides is 2. The molecule has 1 aliphatic rings. The van der Waals surface area contributed by atoms with Gasteiger partial charge in [-0.15, -0.1) is 0 Å². The molecule has 3 N–H and O–H groups in total. The molecule has 2 amide bonds. The lowest BCUT2D eigenvalue weighted by Gasteiger charge is -2.00. The number of hydrogen-bond donors (Lipinski definition) is 3. The van der Waals surface area contributed by atoms with Gasteiger partial charge >= 0.3 is 0 Å². The number of halogens is 1. The Kier molecular flexibility index (Phi) is 5.07. The summed E-state index contributed by atoms with van der Waals surface area (Å²) in [6, 6.07) is 4.40. The lowest BCUT2D eigenvalue weighted by molar-refractivity contribution is -0.115. The highest BCUT2D eigenvalue weighted by atomic mass is 35.5. The quantitative estimate of drug-likeness (QED) is 0.692. The number of anilines is 1. The van der Waals surface area contributed by atoms with Crippen LogP contribution in [-0.4, -0.2) is 27.1 Å². The van der Waals surface area contributed by atoms with Crippen molar-refractivity contribution in [2.45, 2.75) is 6.92 Å². The van der Waals surface area contributed by atoms with Gasteiger partial charge in [0.05, 0.1) is 20.5 Å². The lowest BCUT2D eigenvalue weighted by atomic mass is 10.3. The minimum Gasteiger partial charge on any atom is -0.508 e. The van der Waals surface area contributed by atoms with Crippen LogP contribution in [0, 0.1) is 0 Å². The molecule has 10 heteroatoms. The molecule has 1 aromatic heterocycles. The largest absolute Gasteiger partial charge is 0.508 e. The van der Waals surface area contributed by atoms with Crippen molar-refractivity contribution < 1.29 is 14.7 Å². The molecule has 0 spiro atoms. The summed E-state index contributed by atoms with van der Waals surface area (Å²) >= 11 is 8.43. The number of thiazole rings is 1. The normalized spacial score (nSPS) is 17.1. The Morgan fingerprint density at radius 2 is 2.28 bits per heavy atom. The van der Waals surface area contributed by atoms with E-state index in [0.29, 0.717) is 20.9 Å². The van der Waals surface area contributed by atoms with Gasteiger partial charge in [-0.1, -0.05) is 22.9 Å². The molecule has 25 heavy (non-hydrogen) atoms. The van der Waals surface area contributed by atoms with E-state index in [1.165, 1.54) is 42.2 Å². The molecule has 1 saturated heterocycles. The number of aliphatic imine (C=N–C) groups is 1. The number of carbonyl (C=O) groups is 2. The number of carbonyl (C=O) groups excluding carboxylic acids is 2. The zero-order valence-corrected chi connectivity index (χ0v) is 15.1. The van der Waals surface area contributed by atoms with Gasteiger partial charge in [0.1, 0.15) is 5.75 Å². The van der Waals surface area contributed by atoms with Crippen LogP contribution >= 0.6 is 34.7 Å². The highest BCUT2D eigenvalue weighted by Gasteiger charge is 2.24. The molecule has 0 atom stereocenters. The zero-order valence-electron chi connectivity index (χ0n) is 12.7. The van der Waals surface area contributed by atoms with Gasteiger partial charge in [0.15, 0.2) is 10.3 Å². The van der Waals surface area contributed by atoms with Crippen LogP contribution in [0.5, 0.6) is 5.75 Å². The number of aromatic nitrogens is 1. The molecule has 1 fully saturated rings. The average molecular weight is 395 g/mol. The molecular weight excluding hydrogens is 384 g/mol. The van der Waals surface area contributed by atoms with E-state index in [1.807, 2.05) is 0 Å². The van der Waals surface area contributed by atoms with E-state index >= 15 is 0 Å². The third kappa shape index (κ3) is 4.38. The monoisotopic (exact) mass is 394 g/mol. The summed E-state index contributed by atoms with van der Waals surface area (Å²) in [4.78, 5) is 32.6. The summed E-state index contributed by atoms with van der Waals surface area (Å²) in [7, 11) is 0. The predicted octanol–water partition coefficient (Wildman–Crippen LogP) is 3.35. The van der Waals surface area contributed by atoms with E-state index in [1.54, 1.807) is 18.3 Å². The summed E-state index contributed by atoms with van der Waals surface area (Å²) in [5.41, 5.74) is 0.439. The minimum atomic E-state index is -0.284. The number of rotatable bonds is 3. The Labute approximate surface area is 155 Å². The number of phenolic OH excluding ortho intramolecular Hbond substituents is 1. The molecule has 1 aliphatic heterocycles. The van der Waals surface area contributed by atoms with Gasteiger partial charge in [0.2, 0.25) is 5.91 Å². The smallest absolute Gasteiger partial charge is 0.264 e. The fraction of sp³-hybridized carbons (Fsp3) is 0.0667. The molecule has 7 nitrogen and oxygen atoms in total. The zero-order chi connectivity index (χ0) is 18.0. The van der Waals surface area contributed by atoms with Gasteiger partial charge in [-0.25, -0.2) is 9.98 Å². The van der Waals surface area contributed by atoms with Crippen LogP contribution in [0.15, 0.2) is 34.3 Å². The standard InChI is InChI=1S/C15H11ClN4O3S2/c1-7(21)18-14-17-6-9(24-14)5-12-13(23)20-15(25-12)19-11-3-2-8(22)4-10(11)16/h2-6,22H,1H3,(H,17,18,21)(H,19,20,23)/b12-5-. The Morgan fingerprint density at radius 1 is 1.48 bits per heavy atom. The molecule has 0 aliphatic carbocycles. The Hall–Kier alpha value is -2.36. The number of amidine groups is 1. The van der Waals surface area contributed by atoms with Crippen molar-refractivity contribution in [2.24, 2.45) is 4.99 Å². The van der Waals surface area contributed by atoms with Crippen molar-refractivity contribution in [2.75, 3.05) is 5.32 Å². The van der Waals surface area contributed by atoms with Crippen molar-refractivity contribution in [1.29, 1.82) is 0 Å². The van der Waals surface area contributed by atoms with Crippen LogP contribution in [0.3, 0.4) is 0 Å². The van der Waals surface area contributed by atoms with Crippen molar-refractivity contribution in [3.63, 3.8) is 0 Å². The summed E-state index contributed by atoms with van der Waals surface area (Å²) in [6.07, 6.45) is 3.24. The SMILES string of the molecule is CC(=O)Nc1ncc(/C=C2\S/C(=N\c3ccc(O)cc3Cl)NC2=O)s1. The van der Waals surface area contributed by atoms with Crippen molar-refractivity contribution in [3.8, 4) is 5.75 Å². The van der Waals surface area contributed by atoms with Gasteiger partial charge in [-0.2, -0.15) is 0 Å². The van der Waals surface area contributed by atoms with E-state index in [2.05, 4.69) is 20.6 Å². The second kappa shape index (κ2) is 7.26.